The molecule has 1 saturated heterocycles. The molecule has 1 aromatic carbocycles. The molecule has 1 aromatic rings. The predicted octanol–water partition coefficient (Wildman–Crippen LogP) is 4.37. The first-order valence-corrected chi connectivity index (χ1v) is 7.59. The molecule has 0 aromatic heterocycles. The summed E-state index contributed by atoms with van der Waals surface area (Å²) in [6.45, 7) is 7.53. The molecule has 1 heterocycles. The summed E-state index contributed by atoms with van der Waals surface area (Å²) in [6.07, 6.45) is 2.46. The third-order valence-electron chi connectivity index (χ3n) is 3.53. The predicted molar refractivity (Wildman–Crippen MR) is 86.6 cm³/mol. The summed E-state index contributed by atoms with van der Waals surface area (Å²) in [7, 11) is 0. The number of hydrogen-bond acceptors (Lipinski definition) is 2. The van der Waals surface area contributed by atoms with Crippen LogP contribution in [-0.4, -0.2) is 19.7 Å². The fraction of sp³-hybridized carbons (Fsp3) is 0.600. The Balaban J connectivity index is 0.00000180. The maximum absolute atomic E-state index is 6.04. The van der Waals surface area contributed by atoms with Gasteiger partial charge in [0.05, 0.1) is 6.61 Å². The number of ether oxygens (including phenoxy) is 1. The van der Waals surface area contributed by atoms with Crippen molar-refractivity contribution in [2.45, 2.75) is 32.6 Å². The van der Waals surface area contributed by atoms with E-state index >= 15 is 0 Å². The van der Waals surface area contributed by atoms with Gasteiger partial charge in [-0.1, -0.05) is 29.8 Å². The first kappa shape index (κ1) is 16.8. The van der Waals surface area contributed by atoms with E-state index in [1.165, 1.54) is 18.4 Å². The molecule has 1 N–H and O–H groups in total. The van der Waals surface area contributed by atoms with E-state index in [9.17, 15) is 0 Å². The average molecular weight is 349 g/mol. The summed E-state index contributed by atoms with van der Waals surface area (Å²) in [5.74, 6) is 2.24. The molecule has 0 radical (unpaired) electrons. The van der Waals surface area contributed by atoms with Gasteiger partial charge in [0.2, 0.25) is 0 Å². The molecule has 0 unspecified atom stereocenters. The van der Waals surface area contributed by atoms with Crippen LogP contribution in [0.15, 0.2) is 22.7 Å². The van der Waals surface area contributed by atoms with Crippen LogP contribution in [-0.2, 0) is 0 Å². The van der Waals surface area contributed by atoms with Crippen molar-refractivity contribution in [2.24, 2.45) is 5.92 Å². The van der Waals surface area contributed by atoms with E-state index in [1.807, 2.05) is 0 Å². The van der Waals surface area contributed by atoms with E-state index in [0.29, 0.717) is 11.8 Å². The van der Waals surface area contributed by atoms with Gasteiger partial charge in [-0.05, 0) is 61.5 Å². The Bertz CT molecular complexity index is 392. The lowest BCUT2D eigenvalue weighted by molar-refractivity contribution is 0.213. The molecule has 1 fully saturated rings. The lowest BCUT2D eigenvalue weighted by atomic mass is 9.99. The highest BCUT2D eigenvalue weighted by Gasteiger charge is 2.15. The summed E-state index contributed by atoms with van der Waals surface area (Å²) in [4.78, 5) is 0. The van der Waals surface area contributed by atoms with Crippen LogP contribution in [0.4, 0.5) is 0 Å². The monoisotopic (exact) mass is 347 g/mol. The van der Waals surface area contributed by atoms with E-state index in [2.05, 4.69) is 53.3 Å². The van der Waals surface area contributed by atoms with Crippen LogP contribution in [0.3, 0.4) is 0 Å². The van der Waals surface area contributed by atoms with Crippen LogP contribution < -0.4 is 10.1 Å². The highest BCUT2D eigenvalue weighted by Crippen LogP contribution is 2.30. The maximum Gasteiger partial charge on any atom is 0.122 e. The zero-order valence-corrected chi connectivity index (χ0v) is 14.0. The van der Waals surface area contributed by atoms with Crippen LogP contribution in [0.5, 0.6) is 5.75 Å². The fourth-order valence-electron chi connectivity index (χ4n) is 2.36. The second kappa shape index (κ2) is 8.13. The quantitative estimate of drug-likeness (QED) is 0.872. The Labute approximate surface area is 130 Å². The minimum absolute atomic E-state index is 0. The van der Waals surface area contributed by atoms with Crippen molar-refractivity contribution >= 4 is 28.3 Å². The summed E-state index contributed by atoms with van der Waals surface area (Å²) in [6, 6.07) is 6.31. The van der Waals surface area contributed by atoms with Crippen LogP contribution in [0, 0.1) is 5.92 Å². The van der Waals surface area contributed by atoms with Gasteiger partial charge in [0.25, 0.3) is 0 Å². The molecule has 1 aliphatic rings. The van der Waals surface area contributed by atoms with Crippen molar-refractivity contribution in [3.8, 4) is 5.75 Å². The van der Waals surface area contributed by atoms with E-state index in [-0.39, 0.29) is 12.4 Å². The van der Waals surface area contributed by atoms with Gasteiger partial charge in [-0.15, -0.1) is 12.4 Å². The third-order valence-corrected chi connectivity index (χ3v) is 4.02. The van der Waals surface area contributed by atoms with Crippen molar-refractivity contribution in [2.75, 3.05) is 19.7 Å². The van der Waals surface area contributed by atoms with Gasteiger partial charge in [-0.3, -0.25) is 0 Å². The Morgan fingerprint density at radius 2 is 2.00 bits per heavy atom. The SMILES string of the molecule is CC(C)c1cc(Br)ccc1OCC1CCNCC1.Cl. The van der Waals surface area contributed by atoms with Crippen LogP contribution in [0.1, 0.15) is 38.2 Å². The largest absolute Gasteiger partial charge is 0.493 e. The van der Waals surface area contributed by atoms with Crippen LogP contribution in [0.2, 0.25) is 0 Å². The van der Waals surface area contributed by atoms with Crippen molar-refractivity contribution in [1.29, 1.82) is 0 Å². The van der Waals surface area contributed by atoms with Gasteiger partial charge in [0.15, 0.2) is 0 Å². The number of hydrogen-bond donors (Lipinski definition) is 1. The molecular formula is C15H23BrClNO. The van der Waals surface area contributed by atoms with Crippen LogP contribution in [0.25, 0.3) is 0 Å². The van der Waals surface area contributed by atoms with E-state index in [1.54, 1.807) is 0 Å². The van der Waals surface area contributed by atoms with Gasteiger partial charge in [0, 0.05) is 4.47 Å². The zero-order chi connectivity index (χ0) is 13.0. The average Bonchev–Trinajstić information content (AvgIpc) is 2.38. The molecule has 0 amide bonds. The van der Waals surface area contributed by atoms with Crippen LogP contribution >= 0.6 is 28.3 Å². The van der Waals surface area contributed by atoms with E-state index in [4.69, 9.17) is 4.74 Å². The molecule has 4 heteroatoms. The minimum atomic E-state index is 0. The topological polar surface area (TPSA) is 21.3 Å². The molecular weight excluding hydrogens is 326 g/mol. The molecule has 0 aliphatic carbocycles. The van der Waals surface area contributed by atoms with E-state index < -0.39 is 0 Å². The van der Waals surface area contributed by atoms with E-state index in [0.717, 1.165) is 29.9 Å². The summed E-state index contributed by atoms with van der Waals surface area (Å²) in [5.41, 5.74) is 1.29. The number of halogens is 2. The number of nitrogens with one attached hydrogen (secondary N) is 1. The smallest absolute Gasteiger partial charge is 0.122 e. The molecule has 0 spiro atoms. The normalized spacial score (nSPS) is 16.2. The second-order valence-corrected chi connectivity index (χ2v) is 6.26. The number of piperidine rings is 1. The zero-order valence-electron chi connectivity index (χ0n) is 11.6. The molecule has 2 rings (SSSR count). The Hall–Kier alpha value is -0.250. The third kappa shape index (κ3) is 4.97. The fourth-order valence-corrected chi connectivity index (χ4v) is 2.74. The first-order chi connectivity index (χ1) is 8.66. The van der Waals surface area contributed by atoms with Crippen molar-refractivity contribution in [3.63, 3.8) is 0 Å². The van der Waals surface area contributed by atoms with Crippen molar-refractivity contribution < 1.29 is 4.74 Å². The summed E-state index contributed by atoms with van der Waals surface area (Å²) < 4.78 is 7.17. The maximum atomic E-state index is 6.04. The Morgan fingerprint density at radius 3 is 2.63 bits per heavy atom. The number of rotatable bonds is 4. The van der Waals surface area contributed by atoms with Gasteiger partial charge >= 0.3 is 0 Å². The van der Waals surface area contributed by atoms with Crippen molar-refractivity contribution in [3.05, 3.63) is 28.2 Å². The van der Waals surface area contributed by atoms with Gasteiger partial charge in [-0.2, -0.15) is 0 Å². The standard InChI is InChI=1S/C15H22BrNO.ClH/c1-11(2)14-9-13(16)3-4-15(14)18-10-12-5-7-17-8-6-12;/h3-4,9,11-12,17H,5-8,10H2,1-2H3;1H. The molecule has 108 valence electrons. The minimum Gasteiger partial charge on any atom is -0.493 e. The van der Waals surface area contributed by atoms with Gasteiger partial charge < -0.3 is 10.1 Å². The molecule has 1 aliphatic heterocycles. The molecule has 19 heavy (non-hydrogen) atoms. The second-order valence-electron chi connectivity index (χ2n) is 5.34. The molecule has 0 bridgehead atoms. The summed E-state index contributed by atoms with van der Waals surface area (Å²) in [5, 5.41) is 3.39. The molecule has 0 saturated carbocycles. The van der Waals surface area contributed by atoms with Gasteiger partial charge in [-0.25, -0.2) is 0 Å². The first-order valence-electron chi connectivity index (χ1n) is 6.80. The Kier molecular flexibility index (Phi) is 7.19. The van der Waals surface area contributed by atoms with Crippen molar-refractivity contribution in [1.82, 2.24) is 5.32 Å². The Morgan fingerprint density at radius 1 is 1.32 bits per heavy atom. The highest BCUT2D eigenvalue weighted by molar-refractivity contribution is 9.10. The lowest BCUT2D eigenvalue weighted by Crippen LogP contribution is -2.30. The van der Waals surface area contributed by atoms with Gasteiger partial charge in [0.1, 0.15) is 5.75 Å². The molecule has 0 atom stereocenters. The molecule has 2 nitrogen and oxygen atoms in total. The number of benzene rings is 1. The lowest BCUT2D eigenvalue weighted by Gasteiger charge is -2.23. The highest BCUT2D eigenvalue weighted by atomic mass is 79.9. The summed E-state index contributed by atoms with van der Waals surface area (Å²) >= 11 is 3.53.